The largest absolute Gasteiger partial charge is 0.485 e. The molecule has 2 aromatic rings. The fourth-order valence-electron chi connectivity index (χ4n) is 2.46. The Hall–Kier alpha value is -2.44. The number of ether oxygens (including phenoxy) is 1. The maximum atomic E-state index is 13.0. The van der Waals surface area contributed by atoms with Crippen molar-refractivity contribution in [3.8, 4) is 5.75 Å². The first-order valence-corrected chi connectivity index (χ1v) is 7.51. The summed E-state index contributed by atoms with van der Waals surface area (Å²) >= 11 is 0. The molecule has 1 amide bonds. The molecule has 0 bridgehead atoms. The van der Waals surface area contributed by atoms with Gasteiger partial charge in [-0.3, -0.25) is 4.79 Å². The van der Waals surface area contributed by atoms with Crippen LogP contribution in [0.5, 0.6) is 5.75 Å². The summed E-state index contributed by atoms with van der Waals surface area (Å²) in [5, 5.41) is 6.52. The van der Waals surface area contributed by atoms with Gasteiger partial charge in [0, 0.05) is 12.5 Å². The number of rotatable bonds is 6. The van der Waals surface area contributed by atoms with E-state index in [-0.39, 0.29) is 12.5 Å². The van der Waals surface area contributed by atoms with Crippen LogP contribution in [-0.2, 0) is 6.61 Å². The molecule has 122 valence electrons. The number of benzene rings is 1. The molecule has 1 aromatic heterocycles. The molecule has 1 saturated carbocycles. The summed E-state index contributed by atoms with van der Waals surface area (Å²) in [6, 6.07) is 6.67. The van der Waals surface area contributed by atoms with Crippen LogP contribution >= 0.6 is 0 Å². The van der Waals surface area contributed by atoms with Gasteiger partial charge in [-0.05, 0) is 43.5 Å². The fourth-order valence-corrected chi connectivity index (χ4v) is 2.46. The second-order valence-corrected chi connectivity index (χ2v) is 5.76. The zero-order valence-electron chi connectivity index (χ0n) is 12.8. The molecule has 7 heteroatoms. The van der Waals surface area contributed by atoms with Gasteiger partial charge < -0.3 is 14.6 Å². The van der Waals surface area contributed by atoms with Crippen molar-refractivity contribution in [3.63, 3.8) is 0 Å². The minimum Gasteiger partial charge on any atom is -0.485 e. The minimum atomic E-state index is -0.664. The Bertz CT molecular complexity index is 675. The van der Waals surface area contributed by atoms with E-state index in [2.05, 4.69) is 15.5 Å². The van der Waals surface area contributed by atoms with Crippen LogP contribution in [-0.4, -0.2) is 28.3 Å². The average molecular weight is 319 g/mol. The van der Waals surface area contributed by atoms with Crippen molar-refractivity contribution < 1.29 is 18.4 Å². The molecule has 1 N–H and O–H groups in total. The molecule has 0 saturated heterocycles. The van der Waals surface area contributed by atoms with Crippen LogP contribution in [0.3, 0.4) is 0 Å². The summed E-state index contributed by atoms with van der Waals surface area (Å²) < 4.78 is 23.4. The number of amides is 1. The summed E-state index contributed by atoms with van der Waals surface area (Å²) in [4.78, 5) is 16.2. The van der Waals surface area contributed by atoms with Crippen LogP contribution in [0.25, 0.3) is 0 Å². The van der Waals surface area contributed by atoms with Gasteiger partial charge in [-0.15, -0.1) is 0 Å². The quantitative estimate of drug-likeness (QED) is 0.885. The predicted octanol–water partition coefficient (Wildman–Crippen LogP) is 2.58. The molecule has 1 aliphatic rings. The third kappa shape index (κ3) is 3.49. The lowest BCUT2D eigenvalue weighted by atomic mass is 9.77. The number of halogens is 1. The SMILES string of the molecule is Cc1nc(COc2ccc(C(=O)NC3(CF)CCC3)cc2)no1. The lowest BCUT2D eigenvalue weighted by Crippen LogP contribution is -2.55. The normalized spacial score (nSPS) is 15.7. The van der Waals surface area contributed by atoms with Gasteiger partial charge in [-0.1, -0.05) is 5.16 Å². The first-order valence-electron chi connectivity index (χ1n) is 7.51. The number of hydrogen-bond acceptors (Lipinski definition) is 5. The fraction of sp³-hybridized carbons (Fsp3) is 0.438. The highest BCUT2D eigenvalue weighted by molar-refractivity contribution is 5.94. The first kappa shape index (κ1) is 15.5. The number of hydrogen-bond donors (Lipinski definition) is 1. The third-order valence-corrected chi connectivity index (χ3v) is 4.00. The van der Waals surface area contributed by atoms with Gasteiger partial charge in [0.15, 0.2) is 6.61 Å². The Labute approximate surface area is 133 Å². The van der Waals surface area contributed by atoms with E-state index in [4.69, 9.17) is 9.26 Å². The van der Waals surface area contributed by atoms with Gasteiger partial charge in [-0.2, -0.15) is 4.98 Å². The van der Waals surface area contributed by atoms with Crippen LogP contribution in [0, 0.1) is 6.92 Å². The number of carbonyl (C=O) groups is 1. The monoisotopic (exact) mass is 319 g/mol. The molecule has 0 radical (unpaired) electrons. The minimum absolute atomic E-state index is 0.188. The van der Waals surface area contributed by atoms with E-state index in [0.717, 1.165) is 6.42 Å². The van der Waals surface area contributed by atoms with Gasteiger partial charge in [0.1, 0.15) is 12.4 Å². The lowest BCUT2D eigenvalue weighted by molar-refractivity contribution is 0.0774. The van der Waals surface area contributed by atoms with Gasteiger partial charge >= 0.3 is 0 Å². The highest BCUT2D eigenvalue weighted by atomic mass is 19.1. The molecule has 0 spiro atoms. The smallest absolute Gasteiger partial charge is 0.251 e. The zero-order chi connectivity index (χ0) is 16.3. The lowest BCUT2D eigenvalue weighted by Gasteiger charge is -2.40. The van der Waals surface area contributed by atoms with Gasteiger partial charge in [0.2, 0.25) is 11.7 Å². The Morgan fingerprint density at radius 3 is 2.65 bits per heavy atom. The summed E-state index contributed by atoms with van der Waals surface area (Å²) in [6.45, 7) is 1.37. The number of carbonyl (C=O) groups excluding carboxylic acids is 1. The van der Waals surface area contributed by atoms with Crippen molar-refractivity contribution in [2.45, 2.75) is 38.3 Å². The van der Waals surface area contributed by atoms with Crippen LogP contribution < -0.4 is 10.1 Å². The molecule has 0 atom stereocenters. The Morgan fingerprint density at radius 1 is 1.39 bits per heavy atom. The summed E-state index contributed by atoms with van der Waals surface area (Å²) in [7, 11) is 0. The van der Waals surface area contributed by atoms with E-state index >= 15 is 0 Å². The molecule has 1 aliphatic carbocycles. The Balaban J connectivity index is 1.57. The topological polar surface area (TPSA) is 77.2 Å². The third-order valence-electron chi connectivity index (χ3n) is 4.00. The van der Waals surface area contributed by atoms with E-state index in [0.29, 0.717) is 35.9 Å². The van der Waals surface area contributed by atoms with Crippen molar-refractivity contribution in [1.82, 2.24) is 15.5 Å². The van der Waals surface area contributed by atoms with Crippen molar-refractivity contribution in [2.75, 3.05) is 6.67 Å². The van der Waals surface area contributed by atoms with Crippen LogP contribution in [0.1, 0.15) is 41.3 Å². The number of nitrogens with one attached hydrogen (secondary N) is 1. The molecule has 0 aliphatic heterocycles. The van der Waals surface area contributed by atoms with Gasteiger partial charge in [0.05, 0.1) is 5.54 Å². The van der Waals surface area contributed by atoms with Crippen molar-refractivity contribution in [1.29, 1.82) is 0 Å². The summed E-state index contributed by atoms with van der Waals surface area (Å²) in [6.07, 6.45) is 2.34. The van der Waals surface area contributed by atoms with Gasteiger partial charge in [-0.25, -0.2) is 4.39 Å². The Morgan fingerprint density at radius 2 is 2.13 bits per heavy atom. The van der Waals surface area contributed by atoms with Crippen LogP contribution in [0.2, 0.25) is 0 Å². The molecule has 3 rings (SSSR count). The van der Waals surface area contributed by atoms with Crippen LogP contribution in [0.4, 0.5) is 4.39 Å². The zero-order valence-corrected chi connectivity index (χ0v) is 12.8. The van der Waals surface area contributed by atoms with E-state index in [1.165, 1.54) is 0 Å². The van der Waals surface area contributed by atoms with E-state index < -0.39 is 12.2 Å². The van der Waals surface area contributed by atoms with Crippen molar-refractivity contribution in [3.05, 3.63) is 41.5 Å². The summed E-state index contributed by atoms with van der Waals surface area (Å²) in [5.41, 5.74) is -0.185. The number of aryl methyl sites for hydroxylation is 1. The molecule has 0 unspecified atom stereocenters. The molecule has 23 heavy (non-hydrogen) atoms. The van der Waals surface area contributed by atoms with Crippen molar-refractivity contribution in [2.24, 2.45) is 0 Å². The average Bonchev–Trinajstić information content (AvgIpc) is 2.95. The molecular formula is C16H18FN3O3. The van der Waals surface area contributed by atoms with E-state index in [9.17, 15) is 9.18 Å². The molecule has 6 nitrogen and oxygen atoms in total. The van der Waals surface area contributed by atoms with Crippen molar-refractivity contribution >= 4 is 5.91 Å². The standard InChI is InChI=1S/C16H18FN3O3/c1-11-18-14(20-23-11)9-22-13-5-3-12(4-6-13)15(21)19-16(10-17)7-2-8-16/h3-6H,2,7-10H2,1H3,(H,19,21). The first-order chi connectivity index (χ1) is 11.1. The van der Waals surface area contributed by atoms with E-state index in [1.54, 1.807) is 31.2 Å². The number of nitrogens with zero attached hydrogens (tertiary/aromatic N) is 2. The summed E-state index contributed by atoms with van der Waals surface area (Å²) in [5.74, 6) is 1.27. The number of aromatic nitrogens is 2. The highest BCUT2D eigenvalue weighted by Gasteiger charge is 2.38. The highest BCUT2D eigenvalue weighted by Crippen LogP contribution is 2.32. The second-order valence-electron chi connectivity index (χ2n) is 5.76. The van der Waals surface area contributed by atoms with E-state index in [1.807, 2.05) is 0 Å². The van der Waals surface area contributed by atoms with Crippen LogP contribution in [0.15, 0.2) is 28.8 Å². The van der Waals surface area contributed by atoms with Gasteiger partial charge in [0.25, 0.3) is 5.91 Å². The molecule has 1 fully saturated rings. The molecular weight excluding hydrogens is 301 g/mol. The Kier molecular flexibility index (Phi) is 4.27. The maximum absolute atomic E-state index is 13.0. The predicted molar refractivity (Wildman–Crippen MR) is 79.8 cm³/mol. The maximum Gasteiger partial charge on any atom is 0.251 e. The number of alkyl halides is 1. The molecule has 1 aromatic carbocycles. The second kappa shape index (κ2) is 6.36. The molecule has 1 heterocycles.